The quantitative estimate of drug-likeness (QED) is 0.292. The van der Waals surface area contributed by atoms with Crippen LogP contribution in [-0.2, 0) is 0 Å². The van der Waals surface area contributed by atoms with Gasteiger partial charge in [0.15, 0.2) is 0 Å². The Morgan fingerprint density at radius 3 is 2.52 bits per heavy atom. The topological polar surface area (TPSA) is 91.4 Å². The average molecular weight is 409 g/mol. The van der Waals surface area contributed by atoms with E-state index in [1.54, 1.807) is 43.3 Å². The summed E-state index contributed by atoms with van der Waals surface area (Å²) in [5.41, 5.74) is -0.0229. The zero-order valence-corrected chi connectivity index (χ0v) is 15.8. The van der Waals surface area contributed by atoms with E-state index in [2.05, 4.69) is 5.10 Å². The van der Waals surface area contributed by atoms with Crippen molar-refractivity contribution in [3.8, 4) is 11.4 Å². The molecule has 29 heavy (non-hydrogen) atoms. The predicted octanol–water partition coefficient (Wildman–Crippen LogP) is 3.52. The number of carbonyl (C=O) groups is 1. The molecule has 0 aliphatic carbocycles. The number of esters is 1. The Bertz CT molecular complexity index is 1360. The summed E-state index contributed by atoms with van der Waals surface area (Å²) >= 11 is 5.91. The smallest absolute Gasteiger partial charge is 0.368 e. The number of benzene rings is 2. The van der Waals surface area contributed by atoms with Crippen molar-refractivity contribution in [3.63, 3.8) is 0 Å². The molecule has 0 saturated carbocycles. The third-order valence-corrected chi connectivity index (χ3v) is 4.43. The van der Waals surface area contributed by atoms with Crippen LogP contribution < -0.4 is 15.8 Å². The number of nitrogens with zero attached hydrogens (tertiary/aromatic N) is 2. The summed E-state index contributed by atoms with van der Waals surface area (Å²) in [5.74, 6) is -0.799. The maximum atomic E-state index is 12.6. The van der Waals surface area contributed by atoms with Crippen LogP contribution in [0.1, 0.15) is 16.2 Å². The van der Waals surface area contributed by atoms with Gasteiger partial charge in [-0.1, -0.05) is 11.6 Å². The number of hydrogen-bond acceptors (Lipinski definition) is 6. The molecule has 8 heteroatoms. The first-order valence-electron chi connectivity index (χ1n) is 8.54. The molecule has 0 unspecified atom stereocenters. The van der Waals surface area contributed by atoms with E-state index in [1.807, 2.05) is 0 Å². The van der Waals surface area contributed by atoms with Gasteiger partial charge in [0.2, 0.25) is 11.1 Å². The Morgan fingerprint density at radius 1 is 1.03 bits per heavy atom. The maximum absolute atomic E-state index is 12.6. The lowest BCUT2D eigenvalue weighted by Crippen LogP contribution is -2.25. The van der Waals surface area contributed by atoms with E-state index in [0.29, 0.717) is 21.8 Å². The number of carbonyl (C=O) groups excluding carboxylic acids is 1. The SMILES string of the molecule is Cc1cc(=O)c(C(=O)Oc2ccc3ccc(=O)oc3c2)nn1-c1ccc(Cl)cc1. The predicted molar refractivity (Wildman–Crippen MR) is 107 cm³/mol. The van der Waals surface area contributed by atoms with E-state index >= 15 is 0 Å². The van der Waals surface area contributed by atoms with Crippen LogP contribution in [0.2, 0.25) is 5.02 Å². The van der Waals surface area contributed by atoms with Gasteiger partial charge in [0.05, 0.1) is 5.69 Å². The summed E-state index contributed by atoms with van der Waals surface area (Å²) in [6, 6.07) is 15.6. The Balaban J connectivity index is 1.70. The zero-order chi connectivity index (χ0) is 20.5. The average Bonchev–Trinajstić information content (AvgIpc) is 2.68. The molecule has 0 saturated heterocycles. The van der Waals surface area contributed by atoms with Crippen molar-refractivity contribution in [3.05, 3.63) is 97.7 Å². The first kappa shape index (κ1) is 18.6. The first-order chi connectivity index (χ1) is 13.9. The second kappa shape index (κ2) is 7.37. The lowest BCUT2D eigenvalue weighted by molar-refractivity contribution is 0.0725. The molecule has 0 bridgehead atoms. The molecule has 0 N–H and O–H groups in total. The van der Waals surface area contributed by atoms with Gasteiger partial charge in [-0.3, -0.25) is 4.79 Å². The number of fused-ring (bicyclic) bond motifs is 1. The Labute approximate surface area is 168 Å². The molecule has 2 heterocycles. The summed E-state index contributed by atoms with van der Waals surface area (Å²) in [6.07, 6.45) is 0. The molecule has 2 aromatic carbocycles. The molecule has 144 valence electrons. The van der Waals surface area contributed by atoms with Crippen LogP contribution in [-0.4, -0.2) is 15.7 Å². The first-order valence-corrected chi connectivity index (χ1v) is 8.91. The van der Waals surface area contributed by atoms with E-state index in [1.165, 1.54) is 28.9 Å². The highest BCUT2D eigenvalue weighted by Gasteiger charge is 2.18. The van der Waals surface area contributed by atoms with Gasteiger partial charge in [-0.15, -0.1) is 0 Å². The fourth-order valence-corrected chi connectivity index (χ4v) is 2.92. The molecular weight excluding hydrogens is 396 g/mol. The molecule has 0 aliphatic heterocycles. The van der Waals surface area contributed by atoms with Crippen molar-refractivity contribution >= 4 is 28.5 Å². The minimum atomic E-state index is -0.921. The van der Waals surface area contributed by atoms with E-state index in [-0.39, 0.29) is 17.0 Å². The van der Waals surface area contributed by atoms with E-state index in [9.17, 15) is 14.4 Å². The molecule has 0 atom stereocenters. The van der Waals surface area contributed by atoms with Gasteiger partial charge < -0.3 is 9.15 Å². The van der Waals surface area contributed by atoms with Crippen LogP contribution >= 0.6 is 11.6 Å². The standard InChI is InChI=1S/C21H13ClN2O5/c1-12-10-17(25)20(23-24(12)15-6-4-14(22)5-7-15)21(27)28-16-8-2-13-3-9-19(26)29-18(13)11-16/h2-11H,1H3. The molecule has 0 radical (unpaired) electrons. The van der Waals surface area contributed by atoms with Crippen molar-refractivity contribution < 1.29 is 13.9 Å². The van der Waals surface area contributed by atoms with Gasteiger partial charge in [0.1, 0.15) is 11.3 Å². The third kappa shape index (κ3) is 3.81. The minimum Gasteiger partial charge on any atom is -0.423 e. The lowest BCUT2D eigenvalue weighted by atomic mass is 10.2. The second-order valence-electron chi connectivity index (χ2n) is 6.23. The van der Waals surface area contributed by atoms with Crippen molar-refractivity contribution in [2.75, 3.05) is 0 Å². The summed E-state index contributed by atoms with van der Waals surface area (Å²) in [7, 11) is 0. The van der Waals surface area contributed by atoms with Crippen LogP contribution in [0.5, 0.6) is 5.75 Å². The molecule has 7 nitrogen and oxygen atoms in total. The highest BCUT2D eigenvalue weighted by atomic mass is 35.5. The van der Waals surface area contributed by atoms with Crippen molar-refractivity contribution in [1.82, 2.24) is 9.78 Å². The normalized spacial score (nSPS) is 10.8. The van der Waals surface area contributed by atoms with Gasteiger partial charge in [0.25, 0.3) is 0 Å². The fraction of sp³-hybridized carbons (Fsp3) is 0.0476. The number of ether oxygens (including phenoxy) is 1. The van der Waals surface area contributed by atoms with Crippen LogP contribution in [0, 0.1) is 6.92 Å². The van der Waals surface area contributed by atoms with Gasteiger partial charge in [-0.25, -0.2) is 14.3 Å². The zero-order valence-electron chi connectivity index (χ0n) is 15.1. The minimum absolute atomic E-state index is 0.122. The van der Waals surface area contributed by atoms with Crippen molar-refractivity contribution in [1.29, 1.82) is 0 Å². The van der Waals surface area contributed by atoms with Gasteiger partial charge >= 0.3 is 11.6 Å². The largest absolute Gasteiger partial charge is 0.423 e. The summed E-state index contributed by atoms with van der Waals surface area (Å²) in [4.78, 5) is 36.3. The molecule has 4 aromatic rings. The Morgan fingerprint density at radius 2 is 1.76 bits per heavy atom. The van der Waals surface area contributed by atoms with E-state index in [4.69, 9.17) is 20.8 Å². The number of aromatic nitrogens is 2. The fourth-order valence-electron chi connectivity index (χ4n) is 2.79. The summed E-state index contributed by atoms with van der Waals surface area (Å²) in [5, 5.41) is 5.38. The maximum Gasteiger partial charge on any atom is 0.368 e. The summed E-state index contributed by atoms with van der Waals surface area (Å²) < 4.78 is 11.8. The highest BCUT2D eigenvalue weighted by Crippen LogP contribution is 2.20. The number of halogens is 1. The van der Waals surface area contributed by atoms with E-state index in [0.717, 1.165) is 0 Å². The number of hydrogen-bond donors (Lipinski definition) is 0. The number of aryl methyl sites for hydroxylation is 1. The highest BCUT2D eigenvalue weighted by molar-refractivity contribution is 6.30. The molecular formula is C21H13ClN2O5. The van der Waals surface area contributed by atoms with Gasteiger partial charge in [-0.2, -0.15) is 5.10 Å². The molecule has 0 spiro atoms. The van der Waals surface area contributed by atoms with Gasteiger partial charge in [0, 0.05) is 34.3 Å². The van der Waals surface area contributed by atoms with Crippen LogP contribution in [0.4, 0.5) is 0 Å². The van der Waals surface area contributed by atoms with E-state index < -0.39 is 17.0 Å². The molecule has 0 fully saturated rings. The monoisotopic (exact) mass is 408 g/mol. The summed E-state index contributed by atoms with van der Waals surface area (Å²) in [6.45, 7) is 1.70. The van der Waals surface area contributed by atoms with Crippen molar-refractivity contribution in [2.24, 2.45) is 0 Å². The van der Waals surface area contributed by atoms with Gasteiger partial charge in [-0.05, 0) is 49.4 Å². The Kier molecular flexibility index (Phi) is 4.74. The molecule has 2 aromatic heterocycles. The Hall–Kier alpha value is -3.71. The van der Waals surface area contributed by atoms with Crippen LogP contribution in [0.3, 0.4) is 0 Å². The molecule has 0 aliphatic rings. The molecule has 4 rings (SSSR count). The lowest BCUT2D eigenvalue weighted by Gasteiger charge is -2.11. The van der Waals surface area contributed by atoms with Crippen molar-refractivity contribution in [2.45, 2.75) is 6.92 Å². The number of rotatable bonds is 3. The third-order valence-electron chi connectivity index (χ3n) is 4.18. The van der Waals surface area contributed by atoms with Crippen LogP contribution in [0.25, 0.3) is 16.7 Å². The second-order valence-corrected chi connectivity index (χ2v) is 6.67. The molecule has 0 amide bonds. The van der Waals surface area contributed by atoms with Crippen LogP contribution in [0.15, 0.2) is 74.7 Å².